The zero-order chi connectivity index (χ0) is 26.1. The SMILES string of the molecule is CC(C)CC1OC(OC2(O)OC(CC(C)C)C(C(C)C)C2C)C(C(C)C)C(C(C)C)C1C(C)C. The van der Waals surface area contributed by atoms with E-state index in [4.69, 9.17) is 14.2 Å². The molecule has 0 spiro atoms. The highest BCUT2D eigenvalue weighted by atomic mass is 16.9. The summed E-state index contributed by atoms with van der Waals surface area (Å²) >= 11 is 0. The van der Waals surface area contributed by atoms with Crippen LogP contribution in [0.2, 0.25) is 0 Å². The molecule has 0 aromatic rings. The summed E-state index contributed by atoms with van der Waals surface area (Å²) in [5.41, 5.74) is 0. The first kappa shape index (κ1) is 30.1. The van der Waals surface area contributed by atoms with Crippen LogP contribution in [0.3, 0.4) is 0 Å². The van der Waals surface area contributed by atoms with Crippen molar-refractivity contribution in [3.63, 3.8) is 0 Å². The monoisotopic (exact) mass is 482 g/mol. The molecular formula is C30H58O4. The molecule has 0 saturated carbocycles. The van der Waals surface area contributed by atoms with E-state index in [-0.39, 0.29) is 30.0 Å². The maximum Gasteiger partial charge on any atom is 0.285 e. The van der Waals surface area contributed by atoms with Crippen LogP contribution in [0.4, 0.5) is 0 Å². The fraction of sp³-hybridized carbons (Fsp3) is 1.00. The van der Waals surface area contributed by atoms with Crippen LogP contribution in [0.1, 0.15) is 103 Å². The zero-order valence-corrected chi connectivity index (χ0v) is 24.7. The van der Waals surface area contributed by atoms with Gasteiger partial charge >= 0.3 is 0 Å². The van der Waals surface area contributed by atoms with E-state index < -0.39 is 12.3 Å². The van der Waals surface area contributed by atoms with Crippen LogP contribution >= 0.6 is 0 Å². The standard InChI is InChI=1S/C30H58O4/c1-16(2)14-23-26(19(7)8)27(20(9)10)28(21(11)12)29(32-23)34-30(31)22(13)25(18(5)6)24(33-30)15-17(3)4/h16-29,31H,14-15H2,1-13H3. The molecule has 1 N–H and O–H groups in total. The number of rotatable bonds is 10. The van der Waals surface area contributed by atoms with Gasteiger partial charge < -0.3 is 14.6 Å². The summed E-state index contributed by atoms with van der Waals surface area (Å²) in [6, 6.07) is 0. The van der Waals surface area contributed by atoms with Gasteiger partial charge in [-0.25, -0.2) is 0 Å². The Kier molecular flexibility index (Phi) is 10.5. The average molecular weight is 483 g/mol. The van der Waals surface area contributed by atoms with Crippen molar-refractivity contribution in [3.8, 4) is 0 Å². The second-order valence-corrected chi connectivity index (χ2v) is 13.8. The minimum atomic E-state index is -1.61. The van der Waals surface area contributed by atoms with E-state index in [1.165, 1.54) is 0 Å². The van der Waals surface area contributed by atoms with Gasteiger partial charge in [0.05, 0.1) is 12.2 Å². The first-order valence-corrected chi connectivity index (χ1v) is 14.3. The summed E-state index contributed by atoms with van der Waals surface area (Å²) in [5, 5.41) is 11.9. The first-order valence-electron chi connectivity index (χ1n) is 14.3. The molecule has 2 aliphatic heterocycles. The van der Waals surface area contributed by atoms with Gasteiger partial charge in [0.1, 0.15) is 0 Å². The Balaban J connectivity index is 2.44. The lowest BCUT2D eigenvalue weighted by Crippen LogP contribution is -2.57. The highest BCUT2D eigenvalue weighted by molar-refractivity contribution is 4.96. The van der Waals surface area contributed by atoms with Crippen molar-refractivity contribution in [3.05, 3.63) is 0 Å². The number of aliphatic hydroxyl groups is 1. The molecule has 2 rings (SSSR count). The molecule has 2 aliphatic rings. The van der Waals surface area contributed by atoms with Crippen molar-refractivity contribution in [2.45, 2.75) is 127 Å². The molecule has 2 saturated heterocycles. The predicted molar refractivity (Wildman–Crippen MR) is 141 cm³/mol. The van der Waals surface area contributed by atoms with Crippen LogP contribution < -0.4 is 0 Å². The summed E-state index contributed by atoms with van der Waals surface area (Å²) in [4.78, 5) is 0. The Labute approximate surface area is 211 Å². The summed E-state index contributed by atoms with van der Waals surface area (Å²) in [5.74, 6) is 2.56. The summed E-state index contributed by atoms with van der Waals surface area (Å²) in [6.07, 6.45) is 1.59. The van der Waals surface area contributed by atoms with Gasteiger partial charge in [-0.15, -0.1) is 0 Å². The lowest BCUT2D eigenvalue weighted by molar-refractivity contribution is -0.434. The molecule has 0 bridgehead atoms. The zero-order valence-electron chi connectivity index (χ0n) is 24.7. The highest BCUT2D eigenvalue weighted by Crippen LogP contribution is 2.51. The largest absolute Gasteiger partial charge is 0.349 e. The summed E-state index contributed by atoms with van der Waals surface area (Å²) < 4.78 is 19.9. The van der Waals surface area contributed by atoms with Crippen LogP contribution in [-0.2, 0) is 14.2 Å². The first-order chi connectivity index (χ1) is 15.6. The van der Waals surface area contributed by atoms with Crippen LogP contribution in [0.25, 0.3) is 0 Å². The Morgan fingerprint density at radius 3 is 1.50 bits per heavy atom. The van der Waals surface area contributed by atoms with E-state index in [1.807, 2.05) is 0 Å². The molecule has 202 valence electrons. The van der Waals surface area contributed by atoms with Crippen molar-refractivity contribution >= 4 is 0 Å². The minimum absolute atomic E-state index is 0.00291. The molecule has 34 heavy (non-hydrogen) atoms. The lowest BCUT2D eigenvalue weighted by Gasteiger charge is -2.53. The molecule has 0 radical (unpaired) electrons. The Hall–Kier alpha value is -0.160. The van der Waals surface area contributed by atoms with Gasteiger partial charge in [-0.1, -0.05) is 90.0 Å². The Morgan fingerprint density at radius 1 is 0.647 bits per heavy atom. The molecular weight excluding hydrogens is 424 g/mol. The molecule has 2 fully saturated rings. The van der Waals surface area contributed by atoms with Crippen LogP contribution in [-0.4, -0.2) is 29.6 Å². The number of hydrogen-bond acceptors (Lipinski definition) is 4. The Bertz CT molecular complexity index is 613. The topological polar surface area (TPSA) is 47.9 Å². The van der Waals surface area contributed by atoms with E-state index in [9.17, 15) is 5.11 Å². The summed E-state index contributed by atoms with van der Waals surface area (Å²) in [6.45, 7) is 29.5. The smallest absolute Gasteiger partial charge is 0.285 e. The van der Waals surface area contributed by atoms with E-state index in [2.05, 4.69) is 90.0 Å². The molecule has 0 aromatic carbocycles. The molecule has 0 aliphatic carbocycles. The normalized spacial score (nSPS) is 39.5. The molecule has 4 heteroatoms. The molecule has 0 amide bonds. The third kappa shape index (κ3) is 6.58. The van der Waals surface area contributed by atoms with E-state index >= 15 is 0 Å². The van der Waals surface area contributed by atoms with Crippen molar-refractivity contribution in [1.29, 1.82) is 0 Å². The molecule has 9 unspecified atom stereocenters. The van der Waals surface area contributed by atoms with Gasteiger partial charge in [-0.05, 0) is 66.1 Å². The number of hydrogen-bond donors (Lipinski definition) is 1. The molecule has 9 atom stereocenters. The van der Waals surface area contributed by atoms with E-state index in [0.717, 1.165) is 12.8 Å². The van der Waals surface area contributed by atoms with Crippen molar-refractivity contribution in [1.82, 2.24) is 0 Å². The second kappa shape index (κ2) is 11.9. The quantitative estimate of drug-likeness (QED) is 0.326. The third-order valence-corrected chi connectivity index (χ3v) is 8.62. The van der Waals surface area contributed by atoms with Crippen LogP contribution in [0, 0.1) is 65.1 Å². The molecule has 4 nitrogen and oxygen atoms in total. The maximum atomic E-state index is 11.9. The maximum absolute atomic E-state index is 11.9. The number of ether oxygens (including phenoxy) is 3. The summed E-state index contributed by atoms with van der Waals surface area (Å²) in [7, 11) is 0. The van der Waals surface area contributed by atoms with Crippen LogP contribution in [0.15, 0.2) is 0 Å². The fourth-order valence-electron chi connectivity index (χ4n) is 7.29. The van der Waals surface area contributed by atoms with Crippen molar-refractivity contribution in [2.75, 3.05) is 0 Å². The van der Waals surface area contributed by atoms with Gasteiger partial charge in [-0.3, -0.25) is 4.74 Å². The molecule has 2 heterocycles. The highest BCUT2D eigenvalue weighted by Gasteiger charge is 2.58. The molecule has 0 aromatic heterocycles. The second-order valence-electron chi connectivity index (χ2n) is 13.8. The van der Waals surface area contributed by atoms with Gasteiger partial charge in [0.15, 0.2) is 6.29 Å². The van der Waals surface area contributed by atoms with Gasteiger partial charge in [0.2, 0.25) is 0 Å². The lowest BCUT2D eigenvalue weighted by atomic mass is 9.62. The van der Waals surface area contributed by atoms with E-state index in [0.29, 0.717) is 47.3 Å². The van der Waals surface area contributed by atoms with Crippen molar-refractivity contribution < 1.29 is 19.3 Å². The van der Waals surface area contributed by atoms with Gasteiger partial charge in [0.25, 0.3) is 5.97 Å². The van der Waals surface area contributed by atoms with Crippen LogP contribution in [0.5, 0.6) is 0 Å². The predicted octanol–water partition coefficient (Wildman–Crippen LogP) is 7.59. The Morgan fingerprint density at radius 2 is 1.09 bits per heavy atom. The van der Waals surface area contributed by atoms with Gasteiger partial charge in [-0.2, -0.15) is 0 Å². The average Bonchev–Trinajstić information content (AvgIpc) is 2.88. The van der Waals surface area contributed by atoms with Crippen molar-refractivity contribution in [2.24, 2.45) is 65.1 Å². The van der Waals surface area contributed by atoms with E-state index in [1.54, 1.807) is 0 Å². The third-order valence-electron chi connectivity index (χ3n) is 8.62. The van der Waals surface area contributed by atoms with Gasteiger partial charge in [0, 0.05) is 11.8 Å². The minimum Gasteiger partial charge on any atom is -0.349 e. The fourth-order valence-corrected chi connectivity index (χ4v) is 7.29.